The second-order valence-electron chi connectivity index (χ2n) is 5.93. The minimum absolute atomic E-state index is 0.469. The summed E-state index contributed by atoms with van der Waals surface area (Å²) in [7, 11) is 0. The highest BCUT2D eigenvalue weighted by Crippen LogP contribution is 2.37. The van der Waals surface area contributed by atoms with E-state index >= 15 is 0 Å². The van der Waals surface area contributed by atoms with Crippen LogP contribution in [0.4, 0.5) is 0 Å². The molecule has 20 heavy (non-hydrogen) atoms. The molecular formula is C18H24N2. The molecule has 3 rings (SSSR count). The van der Waals surface area contributed by atoms with Gasteiger partial charge in [-0.15, -0.1) is 0 Å². The molecule has 2 nitrogen and oxygen atoms in total. The van der Waals surface area contributed by atoms with Crippen molar-refractivity contribution in [3.8, 4) is 0 Å². The van der Waals surface area contributed by atoms with Gasteiger partial charge in [0.1, 0.15) is 0 Å². The van der Waals surface area contributed by atoms with Gasteiger partial charge in [0, 0.05) is 23.8 Å². The molecule has 1 saturated carbocycles. The summed E-state index contributed by atoms with van der Waals surface area (Å²) in [5.74, 6) is 0.772. The van der Waals surface area contributed by atoms with Crippen LogP contribution in [0.3, 0.4) is 0 Å². The van der Waals surface area contributed by atoms with Crippen LogP contribution in [-0.2, 0) is 0 Å². The van der Waals surface area contributed by atoms with E-state index in [-0.39, 0.29) is 0 Å². The highest BCUT2D eigenvalue weighted by atomic mass is 14.9. The maximum absolute atomic E-state index is 4.47. The van der Waals surface area contributed by atoms with Crippen LogP contribution in [0.1, 0.15) is 50.6 Å². The molecule has 0 aliphatic heterocycles. The molecule has 1 fully saturated rings. The molecule has 106 valence electrons. The van der Waals surface area contributed by atoms with E-state index < -0.39 is 0 Å². The highest BCUT2D eigenvalue weighted by molar-refractivity contribution is 5.85. The van der Waals surface area contributed by atoms with Gasteiger partial charge in [-0.2, -0.15) is 0 Å². The van der Waals surface area contributed by atoms with E-state index in [4.69, 9.17) is 0 Å². The summed E-state index contributed by atoms with van der Waals surface area (Å²) >= 11 is 0. The number of nitrogens with one attached hydrogen (secondary N) is 1. The van der Waals surface area contributed by atoms with Crippen molar-refractivity contribution in [1.82, 2.24) is 10.3 Å². The van der Waals surface area contributed by atoms with Crippen molar-refractivity contribution in [2.75, 3.05) is 6.54 Å². The third-order valence-corrected chi connectivity index (χ3v) is 4.52. The third-order valence-electron chi connectivity index (χ3n) is 4.52. The smallest absolute Gasteiger partial charge is 0.0370 e. The van der Waals surface area contributed by atoms with Gasteiger partial charge in [-0.25, -0.2) is 0 Å². The Hall–Kier alpha value is -1.41. The average Bonchev–Trinajstić information content (AvgIpc) is 3.02. The molecule has 0 spiro atoms. The second kappa shape index (κ2) is 6.36. The number of hydrogen-bond acceptors (Lipinski definition) is 2. The summed E-state index contributed by atoms with van der Waals surface area (Å²) in [5.41, 5.74) is 1.39. The van der Waals surface area contributed by atoms with Crippen molar-refractivity contribution in [3.63, 3.8) is 0 Å². The molecule has 2 aromatic rings. The zero-order valence-corrected chi connectivity index (χ0v) is 12.3. The molecule has 1 aromatic carbocycles. The van der Waals surface area contributed by atoms with Crippen LogP contribution in [0.25, 0.3) is 10.8 Å². The fourth-order valence-electron chi connectivity index (χ4n) is 3.51. The Bertz CT molecular complexity index is 553. The predicted molar refractivity (Wildman–Crippen MR) is 84.7 cm³/mol. The van der Waals surface area contributed by atoms with Gasteiger partial charge in [-0.05, 0) is 42.7 Å². The Morgan fingerprint density at radius 1 is 1.20 bits per heavy atom. The van der Waals surface area contributed by atoms with Crippen molar-refractivity contribution in [2.24, 2.45) is 5.92 Å². The summed E-state index contributed by atoms with van der Waals surface area (Å²) in [6.07, 6.45) is 10.7. The molecule has 1 unspecified atom stereocenters. The molecule has 0 bridgehead atoms. The lowest BCUT2D eigenvalue weighted by Crippen LogP contribution is -2.28. The number of benzene rings is 1. The summed E-state index contributed by atoms with van der Waals surface area (Å²) in [5, 5.41) is 6.40. The number of pyridine rings is 1. The van der Waals surface area contributed by atoms with Crippen molar-refractivity contribution in [1.29, 1.82) is 0 Å². The summed E-state index contributed by atoms with van der Waals surface area (Å²) in [6.45, 7) is 3.32. The average molecular weight is 268 g/mol. The van der Waals surface area contributed by atoms with Gasteiger partial charge < -0.3 is 5.32 Å². The standard InChI is InChI=1S/C18H24N2/c1-2-11-20-18(14-7-3-4-8-14)17-13-19-12-15-9-5-6-10-16(15)17/h5-6,9-10,12-14,18,20H,2-4,7-8,11H2,1H3. The van der Waals surface area contributed by atoms with Crippen LogP contribution in [0.2, 0.25) is 0 Å². The SMILES string of the molecule is CCCNC(c1cncc2ccccc12)C1CCCC1. The molecule has 1 aromatic heterocycles. The van der Waals surface area contributed by atoms with E-state index in [1.54, 1.807) is 0 Å². The Kier molecular flexibility index (Phi) is 4.31. The first-order chi connectivity index (χ1) is 9.90. The Balaban J connectivity index is 1.99. The molecule has 0 saturated heterocycles. The molecule has 1 aliphatic rings. The summed E-state index contributed by atoms with van der Waals surface area (Å²) in [6, 6.07) is 9.10. The van der Waals surface area contributed by atoms with Gasteiger partial charge in [0.25, 0.3) is 0 Å². The molecule has 0 amide bonds. The van der Waals surface area contributed by atoms with Gasteiger partial charge in [0.05, 0.1) is 0 Å². The lowest BCUT2D eigenvalue weighted by molar-refractivity contribution is 0.369. The van der Waals surface area contributed by atoms with E-state index in [0.29, 0.717) is 6.04 Å². The zero-order valence-electron chi connectivity index (χ0n) is 12.3. The quantitative estimate of drug-likeness (QED) is 0.865. The number of rotatable bonds is 5. The Morgan fingerprint density at radius 3 is 2.80 bits per heavy atom. The van der Waals surface area contributed by atoms with Gasteiger partial charge >= 0.3 is 0 Å². The number of nitrogens with zero attached hydrogens (tertiary/aromatic N) is 1. The predicted octanol–water partition coefficient (Wildman–Crippen LogP) is 4.47. The van der Waals surface area contributed by atoms with Crippen molar-refractivity contribution < 1.29 is 0 Å². The summed E-state index contributed by atoms with van der Waals surface area (Å²) in [4.78, 5) is 4.47. The van der Waals surface area contributed by atoms with Crippen LogP contribution in [0.15, 0.2) is 36.7 Å². The number of fused-ring (bicyclic) bond motifs is 1. The Morgan fingerprint density at radius 2 is 2.00 bits per heavy atom. The van der Waals surface area contributed by atoms with Crippen LogP contribution in [-0.4, -0.2) is 11.5 Å². The first kappa shape index (κ1) is 13.6. The van der Waals surface area contributed by atoms with Gasteiger partial charge in [-0.1, -0.05) is 44.0 Å². The van der Waals surface area contributed by atoms with E-state index in [1.807, 2.05) is 6.20 Å². The van der Waals surface area contributed by atoms with Gasteiger partial charge in [0.2, 0.25) is 0 Å². The van der Waals surface area contributed by atoms with Crippen molar-refractivity contribution in [3.05, 3.63) is 42.2 Å². The minimum atomic E-state index is 0.469. The van der Waals surface area contributed by atoms with E-state index in [9.17, 15) is 0 Å². The first-order valence-electron chi connectivity index (χ1n) is 7.96. The van der Waals surface area contributed by atoms with Crippen molar-refractivity contribution >= 4 is 10.8 Å². The molecular weight excluding hydrogens is 244 g/mol. The fourth-order valence-corrected chi connectivity index (χ4v) is 3.51. The molecule has 1 heterocycles. The first-order valence-corrected chi connectivity index (χ1v) is 7.96. The Labute approximate surface area is 121 Å². The number of aromatic nitrogens is 1. The largest absolute Gasteiger partial charge is 0.310 e. The van der Waals surface area contributed by atoms with E-state index in [0.717, 1.165) is 12.5 Å². The molecule has 1 N–H and O–H groups in total. The molecule has 0 radical (unpaired) electrons. The maximum atomic E-state index is 4.47. The lowest BCUT2D eigenvalue weighted by atomic mass is 9.89. The topological polar surface area (TPSA) is 24.9 Å². The highest BCUT2D eigenvalue weighted by Gasteiger charge is 2.27. The van der Waals surface area contributed by atoms with Gasteiger partial charge in [-0.3, -0.25) is 4.98 Å². The second-order valence-corrected chi connectivity index (χ2v) is 5.93. The lowest BCUT2D eigenvalue weighted by Gasteiger charge is -2.26. The monoisotopic (exact) mass is 268 g/mol. The van der Waals surface area contributed by atoms with Crippen LogP contribution < -0.4 is 5.32 Å². The van der Waals surface area contributed by atoms with Crippen LogP contribution >= 0.6 is 0 Å². The number of hydrogen-bond donors (Lipinski definition) is 1. The minimum Gasteiger partial charge on any atom is -0.310 e. The molecule has 1 aliphatic carbocycles. The van der Waals surface area contributed by atoms with E-state index in [1.165, 1.54) is 48.4 Å². The van der Waals surface area contributed by atoms with Gasteiger partial charge in [0.15, 0.2) is 0 Å². The molecule has 1 atom stereocenters. The maximum Gasteiger partial charge on any atom is 0.0370 e. The van der Waals surface area contributed by atoms with Crippen LogP contribution in [0.5, 0.6) is 0 Å². The van der Waals surface area contributed by atoms with Crippen molar-refractivity contribution in [2.45, 2.75) is 45.1 Å². The molecule has 2 heteroatoms. The normalized spacial score (nSPS) is 17.6. The van der Waals surface area contributed by atoms with E-state index in [2.05, 4.69) is 47.7 Å². The fraction of sp³-hybridized carbons (Fsp3) is 0.500. The van der Waals surface area contributed by atoms with Crippen LogP contribution in [0, 0.1) is 5.92 Å². The zero-order chi connectivity index (χ0) is 13.8. The third kappa shape index (κ3) is 2.71. The summed E-state index contributed by atoms with van der Waals surface area (Å²) < 4.78 is 0.